The summed E-state index contributed by atoms with van der Waals surface area (Å²) in [5.41, 5.74) is 1.13. The summed E-state index contributed by atoms with van der Waals surface area (Å²) in [7, 11) is 0. The standard InChI is InChI=1S/C13H16FNO2/c1-8-9(5-4-6-10(8)14)11-13(2,3)7-17-12(16)15-11/h4-6,11H,7H2,1-3H3,(H,15,16)/t11-/m0/s1. The SMILES string of the molecule is Cc1c(F)cccc1[C@@H]1NC(=O)OCC1(C)C. The zero-order chi connectivity index (χ0) is 12.6. The molecule has 17 heavy (non-hydrogen) atoms. The third-order valence-corrected chi connectivity index (χ3v) is 3.24. The molecule has 1 saturated heterocycles. The van der Waals surface area contributed by atoms with Crippen molar-refractivity contribution in [2.75, 3.05) is 6.61 Å². The van der Waals surface area contributed by atoms with E-state index in [1.54, 1.807) is 13.0 Å². The molecule has 2 rings (SSSR count). The fourth-order valence-electron chi connectivity index (χ4n) is 2.13. The van der Waals surface area contributed by atoms with Gasteiger partial charge in [0.1, 0.15) is 12.4 Å². The van der Waals surface area contributed by atoms with Crippen molar-refractivity contribution in [3.63, 3.8) is 0 Å². The lowest BCUT2D eigenvalue weighted by Gasteiger charge is -2.39. The molecule has 0 unspecified atom stereocenters. The van der Waals surface area contributed by atoms with Gasteiger partial charge < -0.3 is 10.1 Å². The number of nitrogens with one attached hydrogen (secondary N) is 1. The number of cyclic esters (lactones) is 1. The maximum atomic E-state index is 13.5. The van der Waals surface area contributed by atoms with Gasteiger partial charge in [0.2, 0.25) is 0 Å². The van der Waals surface area contributed by atoms with Crippen LogP contribution >= 0.6 is 0 Å². The Morgan fingerprint density at radius 1 is 1.47 bits per heavy atom. The van der Waals surface area contributed by atoms with Gasteiger partial charge in [-0.15, -0.1) is 0 Å². The molecule has 0 bridgehead atoms. The quantitative estimate of drug-likeness (QED) is 0.815. The van der Waals surface area contributed by atoms with Crippen LogP contribution in [0.25, 0.3) is 0 Å². The van der Waals surface area contributed by atoms with E-state index in [1.165, 1.54) is 6.07 Å². The fourth-order valence-corrected chi connectivity index (χ4v) is 2.13. The summed E-state index contributed by atoms with van der Waals surface area (Å²) in [6, 6.07) is 4.71. The number of benzene rings is 1. The molecule has 1 fully saturated rings. The Labute approximate surface area is 100.0 Å². The monoisotopic (exact) mass is 237 g/mol. The highest BCUT2D eigenvalue weighted by atomic mass is 19.1. The summed E-state index contributed by atoms with van der Waals surface area (Å²) in [5.74, 6) is -0.251. The van der Waals surface area contributed by atoms with E-state index >= 15 is 0 Å². The number of hydrogen-bond donors (Lipinski definition) is 1. The Hall–Kier alpha value is -1.58. The van der Waals surface area contributed by atoms with Crippen molar-refractivity contribution in [3.05, 3.63) is 35.1 Å². The van der Waals surface area contributed by atoms with Crippen LogP contribution in [0.5, 0.6) is 0 Å². The molecule has 0 spiro atoms. The summed E-state index contributed by atoms with van der Waals surface area (Å²) < 4.78 is 18.5. The van der Waals surface area contributed by atoms with Gasteiger partial charge in [-0.3, -0.25) is 0 Å². The van der Waals surface area contributed by atoms with Crippen LogP contribution in [0, 0.1) is 18.2 Å². The molecule has 1 atom stereocenters. The molecule has 0 radical (unpaired) electrons. The van der Waals surface area contributed by atoms with Crippen LogP contribution in [0.15, 0.2) is 18.2 Å². The molecular formula is C13H16FNO2. The van der Waals surface area contributed by atoms with Gasteiger partial charge in [0.25, 0.3) is 0 Å². The Morgan fingerprint density at radius 3 is 2.88 bits per heavy atom. The van der Waals surface area contributed by atoms with E-state index in [0.717, 1.165) is 5.56 Å². The number of rotatable bonds is 1. The van der Waals surface area contributed by atoms with Crippen LogP contribution in [0.4, 0.5) is 9.18 Å². The third kappa shape index (κ3) is 2.12. The number of hydrogen-bond acceptors (Lipinski definition) is 2. The van der Waals surface area contributed by atoms with Gasteiger partial charge in [-0.2, -0.15) is 0 Å². The highest BCUT2D eigenvalue weighted by Crippen LogP contribution is 2.37. The second-order valence-electron chi connectivity index (χ2n) is 5.10. The Kier molecular flexibility index (Phi) is 2.81. The maximum absolute atomic E-state index is 13.5. The zero-order valence-corrected chi connectivity index (χ0v) is 10.2. The van der Waals surface area contributed by atoms with Gasteiger partial charge in [-0.1, -0.05) is 26.0 Å². The lowest BCUT2D eigenvalue weighted by Crippen LogP contribution is -2.47. The number of amides is 1. The molecule has 1 heterocycles. The van der Waals surface area contributed by atoms with E-state index in [0.29, 0.717) is 12.2 Å². The maximum Gasteiger partial charge on any atom is 0.407 e. The van der Waals surface area contributed by atoms with E-state index in [2.05, 4.69) is 5.32 Å². The largest absolute Gasteiger partial charge is 0.449 e. The highest BCUT2D eigenvalue weighted by Gasteiger charge is 2.38. The number of carbonyl (C=O) groups is 1. The molecule has 1 amide bonds. The van der Waals surface area contributed by atoms with Crippen molar-refractivity contribution in [2.45, 2.75) is 26.8 Å². The summed E-state index contributed by atoms with van der Waals surface area (Å²) in [6.07, 6.45) is -0.446. The molecule has 1 aliphatic heterocycles. The normalized spacial score (nSPS) is 22.8. The van der Waals surface area contributed by atoms with Gasteiger partial charge in [0, 0.05) is 5.41 Å². The van der Waals surface area contributed by atoms with Crippen molar-refractivity contribution in [3.8, 4) is 0 Å². The van der Waals surface area contributed by atoms with Crippen LogP contribution < -0.4 is 5.32 Å². The van der Waals surface area contributed by atoms with Crippen molar-refractivity contribution < 1.29 is 13.9 Å². The van der Waals surface area contributed by atoms with E-state index < -0.39 is 6.09 Å². The molecule has 4 heteroatoms. The highest BCUT2D eigenvalue weighted by molar-refractivity contribution is 5.69. The fraction of sp³-hybridized carbons (Fsp3) is 0.462. The van der Waals surface area contributed by atoms with Crippen LogP contribution in [0.1, 0.15) is 31.0 Å². The summed E-state index contributed by atoms with van der Waals surface area (Å²) >= 11 is 0. The summed E-state index contributed by atoms with van der Waals surface area (Å²) in [6.45, 7) is 6.03. The summed E-state index contributed by atoms with van der Waals surface area (Å²) in [5, 5.41) is 2.76. The molecule has 1 N–H and O–H groups in total. The lowest BCUT2D eigenvalue weighted by molar-refractivity contribution is 0.0385. The van der Waals surface area contributed by atoms with Gasteiger partial charge in [-0.05, 0) is 24.1 Å². The van der Waals surface area contributed by atoms with Gasteiger partial charge in [-0.25, -0.2) is 9.18 Å². The first kappa shape index (κ1) is 11.9. The number of carbonyl (C=O) groups excluding carboxylic acids is 1. The van der Waals surface area contributed by atoms with Crippen LogP contribution in [-0.4, -0.2) is 12.7 Å². The Bertz CT molecular complexity index is 457. The van der Waals surface area contributed by atoms with Gasteiger partial charge in [0.15, 0.2) is 0 Å². The van der Waals surface area contributed by atoms with E-state index in [1.807, 2.05) is 19.9 Å². The Balaban J connectivity index is 2.43. The predicted molar refractivity (Wildman–Crippen MR) is 62.1 cm³/mol. The smallest absolute Gasteiger partial charge is 0.407 e. The van der Waals surface area contributed by atoms with E-state index in [4.69, 9.17) is 4.74 Å². The minimum Gasteiger partial charge on any atom is -0.449 e. The first-order valence-electron chi connectivity index (χ1n) is 5.60. The summed E-state index contributed by atoms with van der Waals surface area (Å²) in [4.78, 5) is 11.3. The van der Waals surface area contributed by atoms with Gasteiger partial charge in [0.05, 0.1) is 6.04 Å². The third-order valence-electron chi connectivity index (χ3n) is 3.24. The molecule has 1 aromatic carbocycles. The minimum atomic E-state index is -0.446. The van der Waals surface area contributed by atoms with Crippen molar-refractivity contribution in [1.82, 2.24) is 5.32 Å². The first-order valence-corrected chi connectivity index (χ1v) is 5.60. The molecule has 0 saturated carbocycles. The molecule has 1 aromatic rings. The first-order chi connectivity index (χ1) is 7.92. The van der Waals surface area contributed by atoms with Gasteiger partial charge >= 0.3 is 6.09 Å². The molecule has 3 nitrogen and oxygen atoms in total. The number of halogens is 1. The second-order valence-corrected chi connectivity index (χ2v) is 5.10. The molecule has 92 valence electrons. The molecule has 0 aromatic heterocycles. The van der Waals surface area contributed by atoms with Crippen molar-refractivity contribution in [1.29, 1.82) is 0 Å². The van der Waals surface area contributed by atoms with Crippen molar-refractivity contribution in [2.24, 2.45) is 5.41 Å². The van der Waals surface area contributed by atoms with Crippen LogP contribution in [-0.2, 0) is 4.74 Å². The number of alkyl carbamates (subject to hydrolysis) is 1. The van der Waals surface area contributed by atoms with Crippen LogP contribution in [0.3, 0.4) is 0 Å². The minimum absolute atomic E-state index is 0.223. The molecule has 0 aliphatic carbocycles. The molecular weight excluding hydrogens is 221 g/mol. The van der Waals surface area contributed by atoms with E-state index in [-0.39, 0.29) is 17.3 Å². The van der Waals surface area contributed by atoms with Crippen LogP contribution in [0.2, 0.25) is 0 Å². The Morgan fingerprint density at radius 2 is 2.18 bits per heavy atom. The lowest BCUT2D eigenvalue weighted by atomic mass is 9.79. The predicted octanol–water partition coefficient (Wildman–Crippen LogP) is 2.94. The molecule has 1 aliphatic rings. The average Bonchev–Trinajstić information content (AvgIpc) is 2.26. The van der Waals surface area contributed by atoms with E-state index in [9.17, 15) is 9.18 Å². The second kappa shape index (κ2) is 4.02. The number of ether oxygens (including phenoxy) is 1. The zero-order valence-electron chi connectivity index (χ0n) is 10.2. The topological polar surface area (TPSA) is 38.3 Å². The average molecular weight is 237 g/mol. The van der Waals surface area contributed by atoms with Crippen molar-refractivity contribution >= 4 is 6.09 Å².